The van der Waals surface area contributed by atoms with Gasteiger partial charge >= 0.3 is 5.97 Å². The van der Waals surface area contributed by atoms with Crippen LogP contribution in [0.25, 0.3) is 5.57 Å². The van der Waals surface area contributed by atoms with Crippen LogP contribution in [0.15, 0.2) is 18.5 Å². The molecule has 98 valence electrons. The Morgan fingerprint density at radius 3 is 2.72 bits per heavy atom. The molecule has 1 aromatic rings. The van der Waals surface area contributed by atoms with Crippen LogP contribution < -0.4 is 0 Å². The summed E-state index contributed by atoms with van der Waals surface area (Å²) in [5, 5.41) is 0.437. The molecule has 1 aromatic heterocycles. The van der Waals surface area contributed by atoms with Gasteiger partial charge < -0.3 is 9.64 Å². The predicted molar refractivity (Wildman–Crippen MR) is 72.3 cm³/mol. The van der Waals surface area contributed by atoms with Crippen molar-refractivity contribution in [1.82, 2.24) is 9.88 Å². The van der Waals surface area contributed by atoms with E-state index in [9.17, 15) is 4.79 Å². The van der Waals surface area contributed by atoms with Crippen LogP contribution in [-0.4, -0.2) is 36.6 Å². The van der Waals surface area contributed by atoms with Gasteiger partial charge in [-0.2, -0.15) is 0 Å². The number of nitrogens with zero attached hydrogens (tertiary/aromatic N) is 2. The van der Waals surface area contributed by atoms with Gasteiger partial charge in [-0.1, -0.05) is 11.6 Å². The molecular weight excluding hydrogens is 252 g/mol. The van der Waals surface area contributed by atoms with Crippen LogP contribution in [0, 0.1) is 6.92 Å². The molecule has 0 atom stereocenters. The first kappa shape index (κ1) is 14.5. The van der Waals surface area contributed by atoms with Crippen molar-refractivity contribution in [1.29, 1.82) is 0 Å². The molecule has 0 aliphatic carbocycles. The smallest absolute Gasteiger partial charge is 0.340 e. The molecule has 0 radical (unpaired) electrons. The summed E-state index contributed by atoms with van der Waals surface area (Å²) in [5.41, 5.74) is 1.99. The number of halogens is 1. The number of esters is 1. The van der Waals surface area contributed by atoms with Crippen molar-refractivity contribution in [3.05, 3.63) is 34.7 Å². The van der Waals surface area contributed by atoms with Gasteiger partial charge in [-0.05, 0) is 25.5 Å². The fourth-order valence-electron chi connectivity index (χ4n) is 1.42. The fraction of sp³-hybridized carbons (Fsp3) is 0.385. The van der Waals surface area contributed by atoms with Gasteiger partial charge in [0.15, 0.2) is 0 Å². The lowest BCUT2D eigenvalue weighted by Crippen LogP contribution is -2.12. The van der Waals surface area contributed by atoms with E-state index in [2.05, 4.69) is 4.98 Å². The van der Waals surface area contributed by atoms with E-state index in [1.165, 1.54) is 0 Å². The second-order valence-corrected chi connectivity index (χ2v) is 4.42. The Morgan fingerprint density at radius 2 is 2.22 bits per heavy atom. The van der Waals surface area contributed by atoms with Gasteiger partial charge in [0.2, 0.25) is 0 Å². The monoisotopic (exact) mass is 268 g/mol. The Morgan fingerprint density at radius 1 is 1.56 bits per heavy atom. The lowest BCUT2D eigenvalue weighted by molar-refractivity contribution is -0.136. The maximum absolute atomic E-state index is 11.9. The summed E-state index contributed by atoms with van der Waals surface area (Å²) in [6.07, 6.45) is 3.28. The fourth-order valence-corrected chi connectivity index (χ4v) is 1.52. The largest absolute Gasteiger partial charge is 0.462 e. The topological polar surface area (TPSA) is 42.4 Å². The highest BCUT2D eigenvalue weighted by Crippen LogP contribution is 2.20. The minimum atomic E-state index is -0.366. The first-order valence-corrected chi connectivity index (χ1v) is 6.01. The molecule has 1 heterocycles. The van der Waals surface area contributed by atoms with Crippen LogP contribution in [0.3, 0.4) is 0 Å². The van der Waals surface area contributed by atoms with E-state index in [4.69, 9.17) is 16.3 Å². The highest BCUT2D eigenvalue weighted by Gasteiger charge is 2.15. The van der Waals surface area contributed by atoms with Gasteiger partial charge in [-0.15, -0.1) is 0 Å². The summed E-state index contributed by atoms with van der Waals surface area (Å²) in [7, 11) is 3.69. The van der Waals surface area contributed by atoms with Gasteiger partial charge in [-0.25, -0.2) is 9.78 Å². The summed E-state index contributed by atoms with van der Waals surface area (Å²) in [6.45, 7) is 3.96. The zero-order valence-corrected chi connectivity index (χ0v) is 11.8. The zero-order chi connectivity index (χ0) is 13.7. The molecule has 0 saturated heterocycles. The Labute approximate surface area is 112 Å². The molecule has 0 aliphatic heterocycles. The van der Waals surface area contributed by atoms with Gasteiger partial charge in [0.05, 0.1) is 12.2 Å². The number of ether oxygens (including phenoxy) is 1. The molecule has 0 saturated carbocycles. The predicted octanol–water partition coefficient (Wildman–Crippen LogP) is 2.51. The molecular formula is C13H17ClN2O2. The van der Waals surface area contributed by atoms with Crippen LogP contribution in [0.1, 0.15) is 18.1 Å². The summed E-state index contributed by atoms with van der Waals surface area (Å²) < 4.78 is 5.03. The SMILES string of the molecule is CCOC(=O)C(=CN(C)C)c1cnc(Cl)c(C)c1. The first-order chi connectivity index (χ1) is 8.45. The van der Waals surface area contributed by atoms with Gasteiger partial charge in [0.1, 0.15) is 5.15 Å². The van der Waals surface area contributed by atoms with Gasteiger partial charge in [0, 0.05) is 32.1 Å². The van der Waals surface area contributed by atoms with Crippen molar-refractivity contribution in [3.8, 4) is 0 Å². The second-order valence-electron chi connectivity index (χ2n) is 4.06. The average molecular weight is 269 g/mol. The number of carbonyl (C=O) groups is 1. The number of pyridine rings is 1. The van der Waals surface area contributed by atoms with Crippen LogP contribution in [-0.2, 0) is 9.53 Å². The molecule has 0 bridgehead atoms. The highest BCUT2D eigenvalue weighted by atomic mass is 35.5. The van der Waals surface area contributed by atoms with E-state index < -0.39 is 0 Å². The molecule has 5 heteroatoms. The molecule has 0 unspecified atom stereocenters. The van der Waals surface area contributed by atoms with Gasteiger partial charge in [-0.3, -0.25) is 0 Å². The Kier molecular flexibility index (Phi) is 5.16. The number of aryl methyl sites for hydroxylation is 1. The third-order valence-corrected chi connectivity index (χ3v) is 2.60. The Hall–Kier alpha value is -1.55. The van der Waals surface area contributed by atoms with Gasteiger partial charge in [0.25, 0.3) is 0 Å². The van der Waals surface area contributed by atoms with E-state index >= 15 is 0 Å². The van der Waals surface area contributed by atoms with Crippen LogP contribution in [0.2, 0.25) is 5.15 Å². The zero-order valence-electron chi connectivity index (χ0n) is 11.0. The lowest BCUT2D eigenvalue weighted by atomic mass is 10.1. The number of aromatic nitrogens is 1. The molecule has 0 aromatic carbocycles. The number of carbonyl (C=O) groups excluding carboxylic acids is 1. The minimum absolute atomic E-state index is 0.337. The maximum atomic E-state index is 11.9. The third-order valence-electron chi connectivity index (χ3n) is 2.21. The van der Waals surface area contributed by atoms with E-state index in [1.807, 2.05) is 27.1 Å². The molecule has 0 spiro atoms. The van der Waals surface area contributed by atoms with E-state index in [0.717, 1.165) is 5.56 Å². The van der Waals surface area contributed by atoms with Crippen molar-refractivity contribution < 1.29 is 9.53 Å². The van der Waals surface area contributed by atoms with Crippen molar-refractivity contribution in [2.75, 3.05) is 20.7 Å². The molecule has 0 N–H and O–H groups in total. The number of hydrogen-bond acceptors (Lipinski definition) is 4. The third kappa shape index (κ3) is 3.74. The van der Waals surface area contributed by atoms with Crippen LogP contribution >= 0.6 is 11.6 Å². The second kappa shape index (κ2) is 6.40. The molecule has 1 rings (SSSR count). The minimum Gasteiger partial charge on any atom is -0.462 e. The van der Waals surface area contributed by atoms with E-state index in [1.54, 1.807) is 24.2 Å². The lowest BCUT2D eigenvalue weighted by Gasteiger charge is -2.12. The van der Waals surface area contributed by atoms with Crippen molar-refractivity contribution in [3.63, 3.8) is 0 Å². The molecule has 0 fully saturated rings. The standard InChI is InChI=1S/C13H17ClN2O2/c1-5-18-13(17)11(8-16(3)4)10-6-9(2)12(14)15-7-10/h6-8H,5H2,1-4H3. The molecule has 18 heavy (non-hydrogen) atoms. The van der Waals surface area contributed by atoms with E-state index in [0.29, 0.717) is 22.9 Å². The quantitative estimate of drug-likeness (QED) is 0.478. The molecule has 4 nitrogen and oxygen atoms in total. The van der Waals surface area contributed by atoms with Crippen molar-refractivity contribution in [2.24, 2.45) is 0 Å². The molecule has 0 amide bonds. The Bertz CT molecular complexity index is 470. The van der Waals surface area contributed by atoms with Crippen molar-refractivity contribution in [2.45, 2.75) is 13.8 Å². The Balaban J connectivity index is 3.18. The summed E-state index contributed by atoms with van der Waals surface area (Å²) >= 11 is 5.87. The molecule has 0 aliphatic rings. The van der Waals surface area contributed by atoms with Crippen LogP contribution in [0.5, 0.6) is 0 Å². The summed E-state index contributed by atoms with van der Waals surface area (Å²) in [5.74, 6) is -0.366. The highest BCUT2D eigenvalue weighted by molar-refractivity contribution is 6.30. The number of hydrogen-bond donors (Lipinski definition) is 0. The normalized spacial score (nSPS) is 11.3. The van der Waals surface area contributed by atoms with E-state index in [-0.39, 0.29) is 5.97 Å². The van der Waals surface area contributed by atoms with Crippen LogP contribution in [0.4, 0.5) is 0 Å². The average Bonchev–Trinajstić information content (AvgIpc) is 2.30. The number of rotatable bonds is 4. The van der Waals surface area contributed by atoms with Crippen molar-refractivity contribution >= 4 is 23.1 Å². The summed E-state index contributed by atoms with van der Waals surface area (Å²) in [4.78, 5) is 17.7. The first-order valence-electron chi connectivity index (χ1n) is 5.63. The maximum Gasteiger partial charge on any atom is 0.340 e. The summed E-state index contributed by atoms with van der Waals surface area (Å²) in [6, 6.07) is 1.82.